The smallest absolute Gasteiger partial charge is 0.254 e. The van der Waals surface area contributed by atoms with E-state index in [9.17, 15) is 4.79 Å². The molecule has 1 amide bonds. The van der Waals surface area contributed by atoms with E-state index < -0.39 is 0 Å². The topological polar surface area (TPSA) is 77.5 Å². The van der Waals surface area contributed by atoms with Crippen molar-refractivity contribution in [2.24, 2.45) is 0 Å². The summed E-state index contributed by atoms with van der Waals surface area (Å²) in [6.07, 6.45) is 7.14. The second kappa shape index (κ2) is 9.42. The number of aromatic nitrogens is 5. The fourth-order valence-corrected chi connectivity index (χ4v) is 3.95. The van der Waals surface area contributed by atoms with Crippen molar-refractivity contribution in [2.75, 3.05) is 7.05 Å². The van der Waals surface area contributed by atoms with E-state index in [-0.39, 0.29) is 11.9 Å². The van der Waals surface area contributed by atoms with Crippen LogP contribution in [0.4, 0.5) is 0 Å². The summed E-state index contributed by atoms with van der Waals surface area (Å²) < 4.78 is 9.64. The number of ether oxygens (including phenoxy) is 1. The summed E-state index contributed by atoms with van der Waals surface area (Å²) in [6, 6.07) is 19.1. The average molecular weight is 467 g/mol. The van der Waals surface area contributed by atoms with Gasteiger partial charge in [-0.3, -0.25) is 4.79 Å². The SMILES string of the molecule is Cc1ccc2nc(COc3cccc(C(=O)N(C)C(C)c4ccc(-n5cncn5)cc4)c3)cn2c1. The van der Waals surface area contributed by atoms with Crippen LogP contribution in [-0.2, 0) is 6.61 Å². The molecule has 0 aliphatic heterocycles. The molecule has 8 heteroatoms. The molecule has 0 aliphatic rings. The molecule has 1 unspecified atom stereocenters. The molecule has 5 rings (SSSR count). The minimum atomic E-state index is -0.113. The Morgan fingerprint density at radius 2 is 1.91 bits per heavy atom. The van der Waals surface area contributed by atoms with Gasteiger partial charge < -0.3 is 14.0 Å². The van der Waals surface area contributed by atoms with E-state index in [1.165, 1.54) is 6.33 Å². The largest absolute Gasteiger partial charge is 0.487 e. The Hall–Kier alpha value is -4.46. The first-order valence-electron chi connectivity index (χ1n) is 11.4. The third-order valence-electron chi connectivity index (χ3n) is 6.08. The first-order chi connectivity index (χ1) is 17.0. The Labute approximate surface area is 203 Å². The molecule has 5 aromatic rings. The van der Waals surface area contributed by atoms with Crippen LogP contribution in [0, 0.1) is 6.92 Å². The number of nitrogens with zero attached hydrogens (tertiary/aromatic N) is 6. The molecule has 1 atom stereocenters. The number of benzene rings is 2. The highest BCUT2D eigenvalue weighted by Gasteiger charge is 2.19. The highest BCUT2D eigenvalue weighted by atomic mass is 16.5. The second-order valence-electron chi connectivity index (χ2n) is 8.54. The van der Waals surface area contributed by atoms with E-state index in [4.69, 9.17) is 4.74 Å². The van der Waals surface area contributed by atoms with E-state index in [0.29, 0.717) is 17.9 Å². The van der Waals surface area contributed by atoms with Crippen molar-refractivity contribution < 1.29 is 9.53 Å². The number of carbonyl (C=O) groups excluding carboxylic acids is 1. The zero-order valence-corrected chi connectivity index (χ0v) is 19.9. The van der Waals surface area contributed by atoms with Gasteiger partial charge in [-0.25, -0.2) is 14.6 Å². The lowest BCUT2D eigenvalue weighted by Gasteiger charge is -2.26. The highest BCUT2D eigenvalue weighted by molar-refractivity contribution is 5.94. The quantitative estimate of drug-likeness (QED) is 0.349. The monoisotopic (exact) mass is 466 g/mol. The summed E-state index contributed by atoms with van der Waals surface area (Å²) in [7, 11) is 1.81. The summed E-state index contributed by atoms with van der Waals surface area (Å²) in [4.78, 5) is 23.5. The van der Waals surface area contributed by atoms with Gasteiger partial charge in [-0.2, -0.15) is 5.10 Å². The molecule has 0 bridgehead atoms. The van der Waals surface area contributed by atoms with E-state index in [2.05, 4.69) is 15.1 Å². The normalized spacial score (nSPS) is 12.0. The van der Waals surface area contributed by atoms with E-state index in [1.54, 1.807) is 28.0 Å². The van der Waals surface area contributed by atoms with Gasteiger partial charge in [0, 0.05) is 25.0 Å². The maximum atomic E-state index is 13.2. The standard InChI is InChI=1S/C27H26N6O2/c1-19-7-12-26-30-23(15-32(26)14-19)16-35-25-6-4-5-22(13-25)27(34)31(3)20(2)21-8-10-24(11-9-21)33-18-28-17-29-33/h4-15,17-18,20H,16H2,1-3H3. The van der Waals surface area contributed by atoms with Crippen LogP contribution in [0.3, 0.4) is 0 Å². The maximum absolute atomic E-state index is 13.2. The summed E-state index contributed by atoms with van der Waals surface area (Å²) in [5, 5.41) is 4.15. The molecule has 35 heavy (non-hydrogen) atoms. The molecule has 2 aromatic carbocycles. The zero-order chi connectivity index (χ0) is 24.4. The van der Waals surface area contributed by atoms with E-state index in [1.807, 2.05) is 86.2 Å². The van der Waals surface area contributed by atoms with Crippen molar-refractivity contribution >= 4 is 11.6 Å². The lowest BCUT2D eigenvalue weighted by atomic mass is 10.1. The Balaban J connectivity index is 1.25. The lowest BCUT2D eigenvalue weighted by Crippen LogP contribution is -2.29. The maximum Gasteiger partial charge on any atom is 0.254 e. The van der Waals surface area contributed by atoms with Gasteiger partial charge in [0.25, 0.3) is 5.91 Å². The van der Waals surface area contributed by atoms with Gasteiger partial charge in [-0.1, -0.05) is 24.3 Å². The molecule has 0 aliphatic carbocycles. The Bertz CT molecular complexity index is 1460. The molecular formula is C27H26N6O2. The number of carbonyl (C=O) groups is 1. The predicted molar refractivity (Wildman–Crippen MR) is 133 cm³/mol. The predicted octanol–water partition coefficient (Wildman–Crippen LogP) is 4.64. The van der Waals surface area contributed by atoms with Crippen molar-refractivity contribution in [3.05, 3.63) is 108 Å². The van der Waals surface area contributed by atoms with Crippen molar-refractivity contribution in [3.63, 3.8) is 0 Å². The van der Waals surface area contributed by atoms with Gasteiger partial charge in [-0.05, 0) is 61.4 Å². The molecule has 0 saturated heterocycles. The number of pyridine rings is 1. The van der Waals surface area contributed by atoms with Crippen LogP contribution < -0.4 is 4.74 Å². The van der Waals surface area contributed by atoms with E-state index in [0.717, 1.165) is 28.2 Å². The number of amides is 1. The molecular weight excluding hydrogens is 440 g/mol. The van der Waals surface area contributed by atoms with Crippen LogP contribution >= 0.6 is 0 Å². The van der Waals surface area contributed by atoms with Crippen LogP contribution in [0.15, 0.2) is 85.7 Å². The second-order valence-corrected chi connectivity index (χ2v) is 8.54. The van der Waals surface area contributed by atoms with Crippen molar-refractivity contribution in [1.82, 2.24) is 29.0 Å². The van der Waals surface area contributed by atoms with E-state index >= 15 is 0 Å². The summed E-state index contributed by atoms with van der Waals surface area (Å²) in [6.45, 7) is 4.38. The third kappa shape index (κ3) is 4.77. The third-order valence-corrected chi connectivity index (χ3v) is 6.08. The minimum Gasteiger partial charge on any atom is -0.487 e. The Kier molecular flexibility index (Phi) is 6.01. The van der Waals surface area contributed by atoms with Crippen LogP contribution in [0.2, 0.25) is 0 Å². The van der Waals surface area contributed by atoms with Gasteiger partial charge in [0.2, 0.25) is 0 Å². The summed E-state index contributed by atoms with van der Waals surface area (Å²) in [5.41, 5.74) is 5.38. The Morgan fingerprint density at radius 3 is 2.69 bits per heavy atom. The number of hydrogen-bond acceptors (Lipinski definition) is 5. The van der Waals surface area contributed by atoms with Gasteiger partial charge in [0.1, 0.15) is 30.7 Å². The molecule has 0 N–H and O–H groups in total. The molecule has 3 aromatic heterocycles. The molecule has 0 radical (unpaired) electrons. The summed E-state index contributed by atoms with van der Waals surface area (Å²) >= 11 is 0. The molecule has 0 spiro atoms. The van der Waals surface area contributed by atoms with Gasteiger partial charge in [-0.15, -0.1) is 0 Å². The Morgan fingerprint density at radius 1 is 1.09 bits per heavy atom. The molecule has 176 valence electrons. The average Bonchev–Trinajstić information content (AvgIpc) is 3.56. The minimum absolute atomic E-state index is 0.0773. The zero-order valence-electron chi connectivity index (χ0n) is 19.9. The number of rotatable bonds is 7. The molecule has 0 saturated carbocycles. The van der Waals surface area contributed by atoms with Crippen molar-refractivity contribution in [1.29, 1.82) is 0 Å². The number of imidazole rings is 1. The van der Waals surface area contributed by atoms with Crippen LogP contribution in [0.1, 0.15) is 40.1 Å². The highest BCUT2D eigenvalue weighted by Crippen LogP contribution is 2.24. The van der Waals surface area contributed by atoms with Crippen LogP contribution in [0.5, 0.6) is 5.75 Å². The number of fused-ring (bicyclic) bond motifs is 1. The first kappa shape index (κ1) is 22.3. The van der Waals surface area contributed by atoms with Crippen LogP contribution in [-0.4, -0.2) is 42.0 Å². The molecule has 3 heterocycles. The summed E-state index contributed by atoms with van der Waals surface area (Å²) in [5.74, 6) is 0.550. The van der Waals surface area contributed by atoms with Gasteiger partial charge in [0.05, 0.1) is 17.4 Å². The first-order valence-corrected chi connectivity index (χ1v) is 11.4. The molecule has 8 nitrogen and oxygen atoms in total. The number of aryl methyl sites for hydroxylation is 1. The fraction of sp³-hybridized carbons (Fsp3) is 0.185. The van der Waals surface area contributed by atoms with Crippen LogP contribution in [0.25, 0.3) is 11.3 Å². The van der Waals surface area contributed by atoms with Gasteiger partial charge >= 0.3 is 0 Å². The lowest BCUT2D eigenvalue weighted by molar-refractivity contribution is 0.0742. The van der Waals surface area contributed by atoms with Crippen molar-refractivity contribution in [3.8, 4) is 11.4 Å². The fourth-order valence-electron chi connectivity index (χ4n) is 3.95. The molecule has 0 fully saturated rings. The number of hydrogen-bond donors (Lipinski definition) is 0. The van der Waals surface area contributed by atoms with Crippen molar-refractivity contribution in [2.45, 2.75) is 26.5 Å². The van der Waals surface area contributed by atoms with Gasteiger partial charge in [0.15, 0.2) is 0 Å².